The lowest BCUT2D eigenvalue weighted by atomic mass is 10.0. The van der Waals surface area contributed by atoms with E-state index in [1.807, 2.05) is 55.5 Å². The molecule has 180 valence electrons. The van der Waals surface area contributed by atoms with E-state index in [2.05, 4.69) is 33.8 Å². The van der Waals surface area contributed by atoms with Gasteiger partial charge in [0.25, 0.3) is 5.56 Å². The number of nitrogens with zero attached hydrogens (tertiary/aromatic N) is 5. The van der Waals surface area contributed by atoms with Gasteiger partial charge in [-0.05, 0) is 54.8 Å². The first-order chi connectivity index (χ1) is 17.4. The van der Waals surface area contributed by atoms with Gasteiger partial charge in [0.2, 0.25) is 0 Å². The van der Waals surface area contributed by atoms with Crippen molar-refractivity contribution in [2.24, 2.45) is 0 Å². The smallest absolute Gasteiger partial charge is 0.263 e. The molecule has 0 bridgehead atoms. The Morgan fingerprint density at radius 1 is 1.11 bits per heavy atom. The molecule has 0 aliphatic rings. The average Bonchev–Trinajstić information content (AvgIpc) is 3.21. The highest BCUT2D eigenvalue weighted by atomic mass is 16.3. The van der Waals surface area contributed by atoms with Crippen molar-refractivity contribution in [1.82, 2.24) is 24.3 Å². The molecule has 3 N–H and O–H groups in total. The number of aliphatic hydroxyl groups excluding tert-OH is 1. The second-order valence-corrected chi connectivity index (χ2v) is 8.71. The number of nitrogens with two attached hydrogens (primary N) is 1. The number of aromatic nitrogens is 5. The van der Waals surface area contributed by atoms with Crippen molar-refractivity contribution in [1.29, 1.82) is 0 Å². The van der Waals surface area contributed by atoms with Crippen LogP contribution in [0.1, 0.15) is 36.4 Å². The molecule has 0 saturated carbocycles. The Morgan fingerprint density at radius 3 is 2.69 bits per heavy atom. The van der Waals surface area contributed by atoms with Crippen molar-refractivity contribution in [3.05, 3.63) is 87.7 Å². The molecule has 0 spiro atoms. The fraction of sp³-hybridized carbons (Fsp3) is 0.214. The highest BCUT2D eigenvalue weighted by Crippen LogP contribution is 2.25. The standard InChI is InChI=1S/C28H26N6O2/c1-4-19-9-5-6-11-23(19)34-21(14-20-10-7-8-17(2)24(20)28(34)36)15-33-27-25(26(29)30-16-31-27)22(32-33)13-12-18(3)35/h5-11,14,16,18,35H,4,15H2,1-3H3,(H2,29,30,31). The third-order valence-corrected chi connectivity index (χ3v) is 6.21. The Balaban J connectivity index is 1.79. The number of pyridine rings is 1. The molecule has 8 nitrogen and oxygen atoms in total. The number of aryl methyl sites for hydroxylation is 2. The summed E-state index contributed by atoms with van der Waals surface area (Å²) in [5, 5.41) is 16.4. The van der Waals surface area contributed by atoms with Crippen molar-refractivity contribution in [2.45, 2.75) is 39.8 Å². The molecule has 1 atom stereocenters. The van der Waals surface area contributed by atoms with Crippen LogP contribution in [0.5, 0.6) is 0 Å². The summed E-state index contributed by atoms with van der Waals surface area (Å²) >= 11 is 0. The van der Waals surface area contributed by atoms with Crippen LogP contribution in [0, 0.1) is 18.8 Å². The number of anilines is 1. The summed E-state index contributed by atoms with van der Waals surface area (Å²) in [5.41, 5.74) is 10.5. The average molecular weight is 479 g/mol. The van der Waals surface area contributed by atoms with Crippen LogP contribution in [0.2, 0.25) is 0 Å². The van der Waals surface area contributed by atoms with E-state index in [-0.39, 0.29) is 17.9 Å². The Bertz CT molecular complexity index is 1740. The number of hydrogen-bond acceptors (Lipinski definition) is 6. The molecule has 0 aliphatic heterocycles. The molecule has 2 aromatic carbocycles. The number of hydrogen-bond donors (Lipinski definition) is 2. The third kappa shape index (κ3) is 4.00. The second kappa shape index (κ2) is 9.29. The van der Waals surface area contributed by atoms with Gasteiger partial charge in [0, 0.05) is 5.69 Å². The van der Waals surface area contributed by atoms with E-state index < -0.39 is 6.10 Å². The molecule has 0 amide bonds. The lowest BCUT2D eigenvalue weighted by molar-refractivity contribution is 0.253. The van der Waals surface area contributed by atoms with E-state index in [1.54, 1.807) is 16.2 Å². The number of aliphatic hydroxyl groups is 1. The summed E-state index contributed by atoms with van der Waals surface area (Å²) in [6.45, 7) is 5.85. The third-order valence-electron chi connectivity index (χ3n) is 6.21. The lowest BCUT2D eigenvalue weighted by Gasteiger charge is -2.18. The molecular formula is C28H26N6O2. The van der Waals surface area contributed by atoms with E-state index in [0.29, 0.717) is 22.1 Å². The minimum absolute atomic E-state index is 0.0822. The molecule has 5 rings (SSSR count). The molecule has 0 aliphatic carbocycles. The van der Waals surface area contributed by atoms with E-state index in [0.717, 1.165) is 34.3 Å². The monoisotopic (exact) mass is 478 g/mol. The molecular weight excluding hydrogens is 452 g/mol. The maximum atomic E-state index is 14.0. The summed E-state index contributed by atoms with van der Waals surface area (Å²) in [4.78, 5) is 22.5. The Kier molecular flexibility index (Phi) is 6.00. The molecule has 0 radical (unpaired) electrons. The van der Waals surface area contributed by atoms with Crippen LogP contribution in [0.25, 0.3) is 27.5 Å². The van der Waals surface area contributed by atoms with Crippen LogP contribution in [0.15, 0.2) is 59.7 Å². The Labute approximate surface area is 208 Å². The topological polar surface area (TPSA) is 112 Å². The van der Waals surface area contributed by atoms with Crippen LogP contribution in [-0.2, 0) is 13.0 Å². The highest BCUT2D eigenvalue weighted by Gasteiger charge is 2.19. The summed E-state index contributed by atoms with van der Waals surface area (Å²) in [6.07, 6.45) is 1.34. The normalized spacial score (nSPS) is 12.0. The van der Waals surface area contributed by atoms with Crippen LogP contribution in [0.3, 0.4) is 0 Å². The zero-order valence-electron chi connectivity index (χ0n) is 20.4. The van der Waals surface area contributed by atoms with Gasteiger partial charge in [0.05, 0.1) is 23.0 Å². The summed E-state index contributed by atoms with van der Waals surface area (Å²) in [6, 6.07) is 15.8. The fourth-order valence-electron chi connectivity index (χ4n) is 4.55. The summed E-state index contributed by atoms with van der Waals surface area (Å²) < 4.78 is 3.45. The molecule has 5 aromatic rings. The minimum Gasteiger partial charge on any atom is -0.383 e. The molecule has 0 saturated heterocycles. The van der Waals surface area contributed by atoms with E-state index in [4.69, 9.17) is 5.73 Å². The van der Waals surface area contributed by atoms with Crippen molar-refractivity contribution in [3.63, 3.8) is 0 Å². The summed E-state index contributed by atoms with van der Waals surface area (Å²) in [5.74, 6) is 5.85. The predicted molar refractivity (Wildman–Crippen MR) is 141 cm³/mol. The number of fused-ring (bicyclic) bond motifs is 2. The quantitative estimate of drug-likeness (QED) is 0.383. The van der Waals surface area contributed by atoms with Crippen molar-refractivity contribution in [3.8, 4) is 17.5 Å². The number of para-hydroxylation sites is 1. The highest BCUT2D eigenvalue weighted by molar-refractivity contribution is 5.90. The first-order valence-electron chi connectivity index (χ1n) is 11.8. The van der Waals surface area contributed by atoms with E-state index in [1.165, 1.54) is 6.33 Å². The molecule has 3 aromatic heterocycles. The number of rotatable bonds is 4. The van der Waals surface area contributed by atoms with Gasteiger partial charge in [0.15, 0.2) is 5.65 Å². The Morgan fingerprint density at radius 2 is 1.92 bits per heavy atom. The van der Waals surface area contributed by atoms with Gasteiger partial charge in [-0.25, -0.2) is 14.6 Å². The predicted octanol–water partition coefficient (Wildman–Crippen LogP) is 3.36. The molecule has 0 fully saturated rings. The van der Waals surface area contributed by atoms with E-state index >= 15 is 0 Å². The fourth-order valence-corrected chi connectivity index (χ4v) is 4.55. The van der Waals surface area contributed by atoms with Gasteiger partial charge in [0.1, 0.15) is 23.9 Å². The molecule has 3 heterocycles. The van der Waals surface area contributed by atoms with Gasteiger partial charge in [-0.15, -0.1) is 0 Å². The minimum atomic E-state index is -0.824. The number of benzene rings is 2. The van der Waals surface area contributed by atoms with Gasteiger partial charge in [-0.2, -0.15) is 5.10 Å². The van der Waals surface area contributed by atoms with Crippen LogP contribution in [0.4, 0.5) is 5.82 Å². The van der Waals surface area contributed by atoms with Gasteiger partial charge < -0.3 is 10.8 Å². The van der Waals surface area contributed by atoms with Crippen molar-refractivity contribution < 1.29 is 5.11 Å². The largest absolute Gasteiger partial charge is 0.383 e. The van der Waals surface area contributed by atoms with Crippen LogP contribution >= 0.6 is 0 Å². The maximum Gasteiger partial charge on any atom is 0.263 e. The number of nitrogen functional groups attached to an aromatic ring is 1. The first kappa shape index (κ1) is 23.3. The first-order valence-corrected chi connectivity index (χ1v) is 11.8. The van der Waals surface area contributed by atoms with Crippen LogP contribution < -0.4 is 11.3 Å². The molecule has 1 unspecified atom stereocenters. The van der Waals surface area contributed by atoms with Gasteiger partial charge >= 0.3 is 0 Å². The zero-order valence-corrected chi connectivity index (χ0v) is 20.4. The van der Waals surface area contributed by atoms with E-state index in [9.17, 15) is 9.90 Å². The Hall–Kier alpha value is -4.48. The molecule has 36 heavy (non-hydrogen) atoms. The lowest BCUT2D eigenvalue weighted by Crippen LogP contribution is -2.25. The maximum absolute atomic E-state index is 14.0. The van der Waals surface area contributed by atoms with Gasteiger partial charge in [-0.3, -0.25) is 9.36 Å². The second-order valence-electron chi connectivity index (χ2n) is 8.71. The zero-order chi connectivity index (χ0) is 25.4. The summed E-state index contributed by atoms with van der Waals surface area (Å²) in [7, 11) is 0. The SMILES string of the molecule is CCc1ccccc1-n1c(Cn2nc(C#CC(C)O)c3c(N)ncnc32)cc2cccc(C)c2c1=O. The van der Waals surface area contributed by atoms with Crippen molar-refractivity contribution in [2.75, 3.05) is 5.73 Å². The van der Waals surface area contributed by atoms with Crippen LogP contribution in [-0.4, -0.2) is 35.5 Å². The van der Waals surface area contributed by atoms with Gasteiger partial charge in [-0.1, -0.05) is 49.2 Å². The molecule has 8 heteroatoms. The van der Waals surface area contributed by atoms with Crippen molar-refractivity contribution >= 4 is 27.6 Å².